The lowest BCUT2D eigenvalue weighted by molar-refractivity contribution is 0.0697. The fraction of sp³-hybridized carbons (Fsp3) is 0.500. The molecule has 1 aliphatic rings. The van der Waals surface area contributed by atoms with Gasteiger partial charge in [0.05, 0.1) is 17.7 Å². The van der Waals surface area contributed by atoms with Crippen molar-refractivity contribution in [3.05, 3.63) is 17.0 Å². The van der Waals surface area contributed by atoms with Gasteiger partial charge in [0.15, 0.2) is 0 Å². The van der Waals surface area contributed by atoms with Crippen molar-refractivity contribution in [2.45, 2.75) is 29.7 Å². The number of carbonyl (C=O) groups is 1. The molecule has 100 valence electrons. The number of thiophene rings is 1. The van der Waals surface area contributed by atoms with E-state index >= 15 is 0 Å². The van der Waals surface area contributed by atoms with Crippen LogP contribution in [0.25, 0.3) is 0 Å². The summed E-state index contributed by atoms with van der Waals surface area (Å²) in [6.07, 6.45) is 0.455. The third-order valence-electron chi connectivity index (χ3n) is 2.77. The molecule has 2 N–H and O–H groups in total. The van der Waals surface area contributed by atoms with Crippen LogP contribution in [0, 0.1) is 0 Å². The average Bonchev–Trinajstić information content (AvgIpc) is 2.88. The second kappa shape index (κ2) is 4.96. The molecule has 8 heteroatoms. The van der Waals surface area contributed by atoms with Crippen LogP contribution in [0.1, 0.15) is 23.7 Å². The van der Waals surface area contributed by atoms with Gasteiger partial charge in [-0.2, -0.15) is 0 Å². The highest BCUT2D eigenvalue weighted by Crippen LogP contribution is 2.22. The SMILES string of the molecule is CC1OCCC1NS(=O)(=O)c1cc(C(=O)O)cs1. The molecule has 1 saturated heterocycles. The average molecular weight is 291 g/mol. The maximum absolute atomic E-state index is 12.0. The van der Waals surface area contributed by atoms with Gasteiger partial charge in [-0.05, 0) is 19.4 Å². The zero-order valence-corrected chi connectivity index (χ0v) is 11.3. The highest BCUT2D eigenvalue weighted by Gasteiger charge is 2.30. The Labute approximate surface area is 109 Å². The lowest BCUT2D eigenvalue weighted by Crippen LogP contribution is -2.38. The van der Waals surface area contributed by atoms with Crippen molar-refractivity contribution in [3.63, 3.8) is 0 Å². The Morgan fingerprint density at radius 2 is 2.33 bits per heavy atom. The van der Waals surface area contributed by atoms with E-state index in [9.17, 15) is 13.2 Å². The van der Waals surface area contributed by atoms with Crippen LogP contribution in [0.2, 0.25) is 0 Å². The van der Waals surface area contributed by atoms with E-state index in [-0.39, 0.29) is 21.9 Å². The van der Waals surface area contributed by atoms with Crippen LogP contribution in [0.5, 0.6) is 0 Å². The van der Waals surface area contributed by atoms with Gasteiger partial charge in [0, 0.05) is 12.0 Å². The van der Waals surface area contributed by atoms with Crippen molar-refractivity contribution >= 4 is 27.3 Å². The van der Waals surface area contributed by atoms with Crippen molar-refractivity contribution in [2.75, 3.05) is 6.61 Å². The molecular weight excluding hydrogens is 278 g/mol. The zero-order chi connectivity index (χ0) is 13.3. The minimum atomic E-state index is -3.66. The van der Waals surface area contributed by atoms with E-state index < -0.39 is 16.0 Å². The summed E-state index contributed by atoms with van der Waals surface area (Å²) in [5.74, 6) is -1.13. The number of hydrogen-bond acceptors (Lipinski definition) is 5. The number of aromatic carboxylic acids is 1. The number of sulfonamides is 1. The van der Waals surface area contributed by atoms with Crippen molar-refractivity contribution in [1.82, 2.24) is 4.72 Å². The Kier molecular flexibility index (Phi) is 3.71. The van der Waals surface area contributed by atoms with Gasteiger partial charge in [-0.3, -0.25) is 0 Å². The highest BCUT2D eigenvalue weighted by atomic mass is 32.2. The molecule has 2 atom stereocenters. The number of carboxylic acid groups (broad SMARTS) is 1. The van der Waals surface area contributed by atoms with E-state index in [1.54, 1.807) is 6.92 Å². The molecule has 1 fully saturated rings. The first-order valence-corrected chi connectivity index (χ1v) is 7.72. The zero-order valence-electron chi connectivity index (χ0n) is 9.62. The Hall–Kier alpha value is -0.960. The third-order valence-corrected chi connectivity index (χ3v) is 5.70. The van der Waals surface area contributed by atoms with Gasteiger partial charge in [0.1, 0.15) is 4.21 Å². The van der Waals surface area contributed by atoms with Gasteiger partial charge in [0.2, 0.25) is 10.0 Å². The summed E-state index contributed by atoms with van der Waals surface area (Å²) in [6.45, 7) is 2.33. The summed E-state index contributed by atoms with van der Waals surface area (Å²) in [6, 6.07) is 0.904. The molecule has 0 spiro atoms. The predicted molar refractivity (Wildman–Crippen MR) is 65.4 cm³/mol. The summed E-state index contributed by atoms with van der Waals surface area (Å²) in [5.41, 5.74) is -0.0175. The fourth-order valence-electron chi connectivity index (χ4n) is 1.71. The first-order chi connectivity index (χ1) is 8.40. The molecule has 0 aliphatic carbocycles. The Morgan fingerprint density at radius 1 is 1.61 bits per heavy atom. The summed E-state index contributed by atoms with van der Waals surface area (Å²) in [5, 5.41) is 10.1. The first kappa shape index (κ1) is 13.5. The summed E-state index contributed by atoms with van der Waals surface area (Å²) in [4.78, 5) is 10.7. The molecule has 2 heterocycles. The van der Waals surface area contributed by atoms with Gasteiger partial charge in [-0.25, -0.2) is 17.9 Å². The topological polar surface area (TPSA) is 92.7 Å². The Morgan fingerprint density at radius 3 is 2.83 bits per heavy atom. The molecule has 0 aromatic carbocycles. The minimum absolute atomic E-state index is 0.0130. The van der Waals surface area contributed by atoms with Crippen molar-refractivity contribution in [2.24, 2.45) is 0 Å². The van der Waals surface area contributed by atoms with E-state index in [1.165, 1.54) is 5.38 Å². The molecule has 0 bridgehead atoms. The molecular formula is C10H13NO5S2. The number of hydrogen-bond donors (Lipinski definition) is 2. The molecule has 1 aliphatic heterocycles. The molecule has 1 aromatic rings. The van der Waals surface area contributed by atoms with Gasteiger partial charge in [-0.1, -0.05) is 0 Å². The monoisotopic (exact) mass is 291 g/mol. The van der Waals surface area contributed by atoms with Crippen LogP contribution < -0.4 is 4.72 Å². The predicted octanol–water partition coefficient (Wildman–Crippen LogP) is 0.902. The molecule has 6 nitrogen and oxygen atoms in total. The summed E-state index contributed by atoms with van der Waals surface area (Å²) in [7, 11) is -3.66. The minimum Gasteiger partial charge on any atom is -0.478 e. The molecule has 0 saturated carbocycles. The van der Waals surface area contributed by atoms with E-state index in [0.29, 0.717) is 13.0 Å². The highest BCUT2D eigenvalue weighted by molar-refractivity contribution is 7.91. The standard InChI is InChI=1S/C10H13NO5S2/c1-6-8(2-3-16-6)11-18(14,15)9-4-7(5-17-9)10(12)13/h4-6,8,11H,2-3H2,1H3,(H,12,13). The van der Waals surface area contributed by atoms with E-state index in [1.807, 2.05) is 0 Å². The van der Waals surface area contributed by atoms with Crippen molar-refractivity contribution in [1.29, 1.82) is 0 Å². The number of nitrogens with one attached hydrogen (secondary N) is 1. The molecule has 18 heavy (non-hydrogen) atoms. The normalized spacial score (nSPS) is 24.3. The smallest absolute Gasteiger partial charge is 0.336 e. The molecule has 0 amide bonds. The third kappa shape index (κ3) is 2.72. The van der Waals surface area contributed by atoms with Crippen LogP contribution in [-0.2, 0) is 14.8 Å². The quantitative estimate of drug-likeness (QED) is 0.860. The molecule has 2 rings (SSSR count). The van der Waals surface area contributed by atoms with E-state index in [2.05, 4.69) is 4.72 Å². The number of carboxylic acids is 1. The maximum atomic E-state index is 12.0. The second-order valence-corrected chi connectivity index (χ2v) is 6.90. The van der Waals surface area contributed by atoms with Gasteiger partial charge in [0.25, 0.3) is 0 Å². The van der Waals surface area contributed by atoms with Crippen LogP contribution in [0.4, 0.5) is 0 Å². The fourth-order valence-corrected chi connectivity index (χ4v) is 4.22. The molecule has 0 radical (unpaired) electrons. The Bertz CT molecular complexity index is 550. The molecule has 2 unspecified atom stereocenters. The number of rotatable bonds is 4. The van der Waals surface area contributed by atoms with Crippen LogP contribution >= 0.6 is 11.3 Å². The van der Waals surface area contributed by atoms with Crippen molar-refractivity contribution in [3.8, 4) is 0 Å². The van der Waals surface area contributed by atoms with Gasteiger partial charge >= 0.3 is 5.97 Å². The van der Waals surface area contributed by atoms with Gasteiger partial charge in [-0.15, -0.1) is 11.3 Å². The van der Waals surface area contributed by atoms with E-state index in [0.717, 1.165) is 17.4 Å². The van der Waals surface area contributed by atoms with Crippen LogP contribution in [0.15, 0.2) is 15.7 Å². The number of ether oxygens (including phenoxy) is 1. The lowest BCUT2D eigenvalue weighted by atomic mass is 10.2. The van der Waals surface area contributed by atoms with Gasteiger partial charge < -0.3 is 9.84 Å². The first-order valence-electron chi connectivity index (χ1n) is 5.36. The van der Waals surface area contributed by atoms with Crippen LogP contribution in [-0.4, -0.2) is 38.2 Å². The summed E-state index contributed by atoms with van der Waals surface area (Å²) < 4.78 is 31.9. The maximum Gasteiger partial charge on any atom is 0.336 e. The molecule has 1 aromatic heterocycles. The summed E-state index contributed by atoms with van der Waals surface area (Å²) >= 11 is 0.897. The second-order valence-electron chi connectivity index (χ2n) is 4.05. The Balaban J connectivity index is 2.17. The van der Waals surface area contributed by atoms with Crippen LogP contribution in [0.3, 0.4) is 0 Å². The van der Waals surface area contributed by atoms with E-state index in [4.69, 9.17) is 9.84 Å². The van der Waals surface area contributed by atoms with Crippen molar-refractivity contribution < 1.29 is 23.1 Å². The lowest BCUT2D eigenvalue weighted by Gasteiger charge is -2.15. The largest absolute Gasteiger partial charge is 0.478 e.